The fourth-order valence-electron chi connectivity index (χ4n) is 1.83. The van der Waals surface area contributed by atoms with Crippen molar-refractivity contribution < 1.29 is 8.78 Å². The zero-order valence-electron chi connectivity index (χ0n) is 9.55. The van der Waals surface area contributed by atoms with E-state index in [0.717, 1.165) is 12.8 Å². The summed E-state index contributed by atoms with van der Waals surface area (Å²) in [5.41, 5.74) is 1.28. The Balaban J connectivity index is 1.86. The first-order valence-corrected chi connectivity index (χ1v) is 5.76. The summed E-state index contributed by atoms with van der Waals surface area (Å²) in [6, 6.07) is 6.60. The topological polar surface area (TPSA) is 12.0 Å². The molecule has 1 nitrogen and oxygen atoms in total. The van der Waals surface area contributed by atoms with E-state index in [1.807, 2.05) is 6.08 Å². The lowest BCUT2D eigenvalue weighted by molar-refractivity contribution is 0.585. The van der Waals surface area contributed by atoms with Crippen molar-refractivity contribution in [3.8, 4) is 0 Å². The SMILES string of the molecule is FC1=CCCC=C1CNCc1ccccc1F. The molecule has 0 saturated carbocycles. The average molecular weight is 235 g/mol. The van der Waals surface area contributed by atoms with E-state index in [0.29, 0.717) is 24.2 Å². The first kappa shape index (κ1) is 12.0. The van der Waals surface area contributed by atoms with Crippen molar-refractivity contribution in [2.75, 3.05) is 6.54 Å². The summed E-state index contributed by atoms with van der Waals surface area (Å²) in [6.45, 7) is 0.855. The minimum absolute atomic E-state index is 0.155. The summed E-state index contributed by atoms with van der Waals surface area (Å²) < 4.78 is 26.6. The van der Waals surface area contributed by atoms with Crippen molar-refractivity contribution in [3.05, 3.63) is 59.2 Å². The summed E-state index contributed by atoms with van der Waals surface area (Å²) in [5, 5.41) is 3.05. The van der Waals surface area contributed by atoms with E-state index in [4.69, 9.17) is 0 Å². The molecule has 3 heteroatoms. The summed E-state index contributed by atoms with van der Waals surface area (Å²) in [4.78, 5) is 0. The van der Waals surface area contributed by atoms with Crippen LogP contribution < -0.4 is 5.32 Å². The van der Waals surface area contributed by atoms with E-state index in [2.05, 4.69) is 5.32 Å². The fourth-order valence-corrected chi connectivity index (χ4v) is 1.83. The molecule has 0 saturated heterocycles. The van der Waals surface area contributed by atoms with Gasteiger partial charge in [0.05, 0.1) is 0 Å². The van der Waals surface area contributed by atoms with Crippen LogP contribution in [0.25, 0.3) is 0 Å². The summed E-state index contributed by atoms with van der Waals surface area (Å²) in [7, 11) is 0. The molecule has 1 aromatic rings. The molecular formula is C14H15F2N. The van der Waals surface area contributed by atoms with Gasteiger partial charge in [-0.05, 0) is 30.6 Å². The minimum atomic E-state index is -0.228. The van der Waals surface area contributed by atoms with Gasteiger partial charge in [0.15, 0.2) is 0 Å². The van der Waals surface area contributed by atoms with Crippen LogP contribution >= 0.6 is 0 Å². The Morgan fingerprint density at radius 1 is 1.00 bits per heavy atom. The van der Waals surface area contributed by atoms with E-state index >= 15 is 0 Å². The molecule has 0 fully saturated rings. The molecule has 90 valence electrons. The zero-order chi connectivity index (χ0) is 12.1. The molecular weight excluding hydrogens is 220 g/mol. The Morgan fingerprint density at radius 2 is 1.76 bits per heavy atom. The molecule has 1 aromatic carbocycles. The van der Waals surface area contributed by atoms with Gasteiger partial charge in [-0.1, -0.05) is 24.3 Å². The number of nitrogens with one attached hydrogen (secondary N) is 1. The second-order valence-corrected chi connectivity index (χ2v) is 4.05. The molecule has 0 amide bonds. The lowest BCUT2D eigenvalue weighted by Crippen LogP contribution is -2.18. The molecule has 0 aliphatic heterocycles. The third kappa shape index (κ3) is 3.24. The van der Waals surface area contributed by atoms with Gasteiger partial charge >= 0.3 is 0 Å². The standard InChI is InChI=1S/C14H15F2N/c15-13-7-3-1-5-11(13)9-17-10-12-6-2-4-8-14(12)16/h1,3,5-8,17H,2,4,9-10H2. The van der Waals surface area contributed by atoms with Gasteiger partial charge < -0.3 is 5.32 Å². The average Bonchev–Trinajstić information content (AvgIpc) is 2.34. The zero-order valence-corrected chi connectivity index (χ0v) is 9.55. The number of hydrogen-bond acceptors (Lipinski definition) is 1. The Morgan fingerprint density at radius 3 is 2.53 bits per heavy atom. The van der Waals surface area contributed by atoms with Crippen LogP contribution in [0.3, 0.4) is 0 Å². The fraction of sp³-hybridized carbons (Fsp3) is 0.286. The second kappa shape index (κ2) is 5.73. The molecule has 1 aliphatic carbocycles. The van der Waals surface area contributed by atoms with Crippen molar-refractivity contribution in [1.82, 2.24) is 5.32 Å². The van der Waals surface area contributed by atoms with Crippen molar-refractivity contribution >= 4 is 0 Å². The summed E-state index contributed by atoms with van der Waals surface area (Å²) in [6.07, 6.45) is 5.14. The van der Waals surface area contributed by atoms with E-state index in [-0.39, 0.29) is 11.6 Å². The molecule has 1 aliphatic rings. The number of rotatable bonds is 4. The van der Waals surface area contributed by atoms with Crippen molar-refractivity contribution in [1.29, 1.82) is 0 Å². The van der Waals surface area contributed by atoms with Crippen LogP contribution in [0.15, 0.2) is 47.8 Å². The molecule has 0 atom stereocenters. The van der Waals surface area contributed by atoms with Gasteiger partial charge in [-0.25, -0.2) is 8.78 Å². The van der Waals surface area contributed by atoms with Gasteiger partial charge in [-0.2, -0.15) is 0 Å². The molecule has 0 spiro atoms. The van der Waals surface area contributed by atoms with Crippen LogP contribution in [0.1, 0.15) is 18.4 Å². The van der Waals surface area contributed by atoms with Crippen LogP contribution in [-0.2, 0) is 6.54 Å². The lowest BCUT2D eigenvalue weighted by atomic mass is 10.1. The Labute approximate surface area is 99.8 Å². The first-order chi connectivity index (χ1) is 8.27. The van der Waals surface area contributed by atoms with E-state index < -0.39 is 0 Å². The smallest absolute Gasteiger partial charge is 0.127 e. The van der Waals surface area contributed by atoms with Crippen molar-refractivity contribution in [2.24, 2.45) is 0 Å². The highest BCUT2D eigenvalue weighted by molar-refractivity contribution is 5.29. The van der Waals surface area contributed by atoms with Gasteiger partial charge in [0, 0.05) is 18.7 Å². The number of benzene rings is 1. The van der Waals surface area contributed by atoms with Crippen molar-refractivity contribution in [2.45, 2.75) is 19.4 Å². The third-order valence-electron chi connectivity index (χ3n) is 2.78. The van der Waals surface area contributed by atoms with Gasteiger partial charge in [-0.3, -0.25) is 0 Å². The quantitative estimate of drug-likeness (QED) is 0.842. The molecule has 1 N–H and O–H groups in total. The molecule has 0 heterocycles. The molecule has 0 radical (unpaired) electrons. The maximum absolute atomic E-state index is 13.3. The maximum atomic E-state index is 13.3. The second-order valence-electron chi connectivity index (χ2n) is 4.05. The normalized spacial score (nSPS) is 15.4. The van der Waals surface area contributed by atoms with Crippen LogP contribution in [0.5, 0.6) is 0 Å². The monoisotopic (exact) mass is 235 g/mol. The minimum Gasteiger partial charge on any atom is -0.308 e. The largest absolute Gasteiger partial charge is 0.308 e. The Kier molecular flexibility index (Phi) is 4.04. The van der Waals surface area contributed by atoms with E-state index in [1.165, 1.54) is 6.07 Å². The Hall–Kier alpha value is -1.48. The number of halogens is 2. The predicted octanol–water partition coefficient (Wildman–Crippen LogP) is 3.49. The van der Waals surface area contributed by atoms with E-state index in [1.54, 1.807) is 24.3 Å². The number of hydrogen-bond donors (Lipinski definition) is 1. The van der Waals surface area contributed by atoms with Crippen LogP contribution in [0, 0.1) is 5.82 Å². The van der Waals surface area contributed by atoms with E-state index in [9.17, 15) is 8.78 Å². The van der Waals surface area contributed by atoms with Gasteiger partial charge in [-0.15, -0.1) is 0 Å². The third-order valence-corrected chi connectivity index (χ3v) is 2.78. The highest BCUT2D eigenvalue weighted by Crippen LogP contribution is 2.19. The molecule has 17 heavy (non-hydrogen) atoms. The van der Waals surface area contributed by atoms with Gasteiger partial charge in [0.1, 0.15) is 11.6 Å². The highest BCUT2D eigenvalue weighted by Gasteiger charge is 2.08. The summed E-state index contributed by atoms with van der Waals surface area (Å²) in [5.74, 6) is -0.383. The summed E-state index contributed by atoms with van der Waals surface area (Å²) >= 11 is 0. The predicted molar refractivity (Wildman–Crippen MR) is 64.6 cm³/mol. The highest BCUT2D eigenvalue weighted by atomic mass is 19.1. The Bertz CT molecular complexity index is 449. The molecule has 0 bridgehead atoms. The maximum Gasteiger partial charge on any atom is 0.127 e. The first-order valence-electron chi connectivity index (χ1n) is 5.76. The van der Waals surface area contributed by atoms with Crippen LogP contribution in [0.4, 0.5) is 8.78 Å². The van der Waals surface area contributed by atoms with Crippen molar-refractivity contribution in [3.63, 3.8) is 0 Å². The van der Waals surface area contributed by atoms with Gasteiger partial charge in [0.25, 0.3) is 0 Å². The molecule has 0 aromatic heterocycles. The van der Waals surface area contributed by atoms with Crippen LogP contribution in [-0.4, -0.2) is 6.54 Å². The van der Waals surface area contributed by atoms with Crippen LogP contribution in [0.2, 0.25) is 0 Å². The number of allylic oxidation sites excluding steroid dienone is 2. The lowest BCUT2D eigenvalue weighted by Gasteiger charge is -2.11. The van der Waals surface area contributed by atoms with Gasteiger partial charge in [0.2, 0.25) is 0 Å². The molecule has 0 unspecified atom stereocenters. The molecule has 2 rings (SSSR count).